The van der Waals surface area contributed by atoms with Gasteiger partial charge >= 0.3 is 5.97 Å². The van der Waals surface area contributed by atoms with Crippen LogP contribution in [0.3, 0.4) is 0 Å². The highest BCUT2D eigenvalue weighted by molar-refractivity contribution is 7.86. The second kappa shape index (κ2) is 7.58. The molecule has 24 heavy (non-hydrogen) atoms. The maximum absolute atomic E-state index is 13.1. The van der Waals surface area contributed by atoms with Gasteiger partial charge in [-0.05, 0) is 37.5 Å². The van der Waals surface area contributed by atoms with Gasteiger partial charge in [0.2, 0.25) is 0 Å². The highest BCUT2D eigenvalue weighted by Gasteiger charge is 2.37. The van der Waals surface area contributed by atoms with Crippen LogP contribution < -0.4 is 0 Å². The predicted octanol–water partition coefficient (Wildman–Crippen LogP) is 2.25. The summed E-state index contributed by atoms with van der Waals surface area (Å²) in [5, 5.41) is 9.16. The third-order valence-corrected chi connectivity index (χ3v) is 6.60. The largest absolute Gasteiger partial charge is 0.481 e. The molecule has 8 heteroatoms. The Bertz CT molecular complexity index is 678. The Morgan fingerprint density at radius 3 is 2.58 bits per heavy atom. The maximum atomic E-state index is 13.1. The summed E-state index contributed by atoms with van der Waals surface area (Å²) in [6.07, 6.45) is 1.01. The summed E-state index contributed by atoms with van der Waals surface area (Å²) in [4.78, 5) is 11.2. The summed E-state index contributed by atoms with van der Waals surface area (Å²) in [6.45, 7) is 4.03. The minimum absolute atomic E-state index is 0.00962. The van der Waals surface area contributed by atoms with Crippen molar-refractivity contribution in [2.75, 3.05) is 19.6 Å². The molecule has 0 saturated carbocycles. The first-order valence-electron chi connectivity index (χ1n) is 8.02. The smallest absolute Gasteiger partial charge is 0.307 e. The van der Waals surface area contributed by atoms with E-state index in [1.165, 1.54) is 20.7 Å². The summed E-state index contributed by atoms with van der Waals surface area (Å²) >= 11 is 0. The van der Waals surface area contributed by atoms with Gasteiger partial charge in [0.25, 0.3) is 10.2 Å². The van der Waals surface area contributed by atoms with Crippen LogP contribution in [-0.4, -0.2) is 47.7 Å². The molecule has 6 nitrogen and oxygen atoms in total. The van der Waals surface area contributed by atoms with Gasteiger partial charge in [-0.1, -0.05) is 19.1 Å². The van der Waals surface area contributed by atoms with Crippen molar-refractivity contribution in [1.82, 2.24) is 8.61 Å². The van der Waals surface area contributed by atoms with Gasteiger partial charge in [0, 0.05) is 25.7 Å². The molecule has 0 spiro atoms. The Labute approximate surface area is 142 Å². The standard InChI is InChI=1S/C16H23FN2O4S/c1-3-19(12(2)13-6-8-15(17)9-7-13)24(22,23)18-10-4-5-14(11-18)16(20)21/h6-9,12,14H,3-5,10-11H2,1-2H3,(H,20,21). The molecule has 1 fully saturated rings. The SMILES string of the molecule is CCN(C(C)c1ccc(F)cc1)S(=O)(=O)N1CCCC(C(=O)O)C1. The van der Waals surface area contributed by atoms with Gasteiger partial charge in [0.1, 0.15) is 5.82 Å². The van der Waals surface area contributed by atoms with Gasteiger partial charge in [-0.15, -0.1) is 0 Å². The van der Waals surface area contributed by atoms with Crippen molar-refractivity contribution in [2.45, 2.75) is 32.7 Å². The molecule has 0 radical (unpaired) electrons. The van der Waals surface area contributed by atoms with Crippen LogP contribution in [0.1, 0.15) is 38.3 Å². The highest BCUT2D eigenvalue weighted by atomic mass is 32.2. The van der Waals surface area contributed by atoms with E-state index in [-0.39, 0.29) is 18.9 Å². The lowest BCUT2D eigenvalue weighted by Gasteiger charge is -2.36. The molecule has 0 aromatic heterocycles. The Morgan fingerprint density at radius 2 is 2.04 bits per heavy atom. The minimum Gasteiger partial charge on any atom is -0.481 e. The molecular formula is C16H23FN2O4S. The zero-order chi connectivity index (χ0) is 17.9. The molecule has 1 aromatic rings. The van der Waals surface area contributed by atoms with Crippen molar-refractivity contribution < 1.29 is 22.7 Å². The molecule has 1 aliphatic heterocycles. The number of hydrogen-bond donors (Lipinski definition) is 1. The number of piperidine rings is 1. The topological polar surface area (TPSA) is 77.9 Å². The van der Waals surface area contributed by atoms with Crippen molar-refractivity contribution in [2.24, 2.45) is 5.92 Å². The van der Waals surface area contributed by atoms with Crippen LogP contribution in [0.15, 0.2) is 24.3 Å². The maximum Gasteiger partial charge on any atom is 0.307 e. The van der Waals surface area contributed by atoms with E-state index in [0.717, 1.165) is 0 Å². The van der Waals surface area contributed by atoms with Crippen LogP contribution in [0.2, 0.25) is 0 Å². The lowest BCUT2D eigenvalue weighted by atomic mass is 10.0. The van der Waals surface area contributed by atoms with E-state index >= 15 is 0 Å². The van der Waals surface area contributed by atoms with Crippen LogP contribution in [0.5, 0.6) is 0 Å². The van der Waals surface area contributed by atoms with Gasteiger partial charge in [0.05, 0.1) is 5.92 Å². The first-order chi connectivity index (χ1) is 11.3. The molecule has 2 atom stereocenters. The fraction of sp³-hybridized carbons (Fsp3) is 0.562. The predicted molar refractivity (Wildman–Crippen MR) is 88.0 cm³/mol. The monoisotopic (exact) mass is 358 g/mol. The minimum atomic E-state index is -3.79. The number of halogens is 1. The first-order valence-corrected chi connectivity index (χ1v) is 9.42. The van der Waals surface area contributed by atoms with Gasteiger partial charge < -0.3 is 5.11 Å². The van der Waals surface area contributed by atoms with Crippen molar-refractivity contribution in [3.8, 4) is 0 Å². The molecule has 1 saturated heterocycles. The summed E-state index contributed by atoms with van der Waals surface area (Å²) < 4.78 is 41.6. The van der Waals surface area contributed by atoms with Crippen molar-refractivity contribution in [1.29, 1.82) is 0 Å². The van der Waals surface area contributed by atoms with Gasteiger partial charge in [0.15, 0.2) is 0 Å². The van der Waals surface area contributed by atoms with Crippen LogP contribution in [0.4, 0.5) is 4.39 Å². The fourth-order valence-electron chi connectivity index (χ4n) is 3.05. The molecule has 1 N–H and O–H groups in total. The normalized spacial score (nSPS) is 20.9. The van der Waals surface area contributed by atoms with E-state index in [9.17, 15) is 17.6 Å². The molecule has 0 bridgehead atoms. The van der Waals surface area contributed by atoms with Crippen molar-refractivity contribution >= 4 is 16.2 Å². The number of carbonyl (C=O) groups is 1. The zero-order valence-corrected chi connectivity index (χ0v) is 14.7. The summed E-state index contributed by atoms with van der Waals surface area (Å²) in [5.74, 6) is -2.02. The lowest BCUT2D eigenvalue weighted by molar-refractivity contribution is -0.142. The quantitative estimate of drug-likeness (QED) is 0.846. The van der Waals surface area contributed by atoms with Crippen LogP contribution >= 0.6 is 0 Å². The van der Waals surface area contributed by atoms with E-state index in [2.05, 4.69) is 0 Å². The molecule has 1 heterocycles. The lowest BCUT2D eigenvalue weighted by Crippen LogP contribution is -2.49. The van der Waals surface area contributed by atoms with E-state index < -0.39 is 28.1 Å². The average Bonchev–Trinajstić information content (AvgIpc) is 2.56. The second-order valence-corrected chi connectivity index (χ2v) is 7.86. The summed E-state index contributed by atoms with van der Waals surface area (Å²) in [6, 6.07) is 5.26. The summed E-state index contributed by atoms with van der Waals surface area (Å²) in [7, 11) is -3.79. The first kappa shape index (κ1) is 18.8. The number of benzene rings is 1. The number of hydrogen-bond acceptors (Lipinski definition) is 3. The number of carboxylic acids is 1. The molecule has 2 unspecified atom stereocenters. The van der Waals surface area contributed by atoms with Crippen LogP contribution in [0.25, 0.3) is 0 Å². The summed E-state index contributed by atoms with van der Waals surface area (Å²) in [5.41, 5.74) is 0.689. The molecule has 2 rings (SSSR count). The van der Waals surface area contributed by atoms with Gasteiger partial charge in [-0.2, -0.15) is 17.0 Å². The number of nitrogens with zero attached hydrogens (tertiary/aromatic N) is 2. The van der Waals surface area contributed by atoms with Crippen LogP contribution in [0, 0.1) is 11.7 Å². The Balaban J connectivity index is 2.24. The molecular weight excluding hydrogens is 335 g/mol. The van der Waals surface area contributed by atoms with E-state index in [1.807, 2.05) is 0 Å². The zero-order valence-electron chi connectivity index (χ0n) is 13.9. The Hall–Kier alpha value is -1.51. The molecule has 0 amide bonds. The van der Waals surface area contributed by atoms with Crippen molar-refractivity contribution in [3.63, 3.8) is 0 Å². The highest BCUT2D eigenvalue weighted by Crippen LogP contribution is 2.28. The molecule has 1 aliphatic rings. The fourth-order valence-corrected chi connectivity index (χ4v) is 4.92. The molecule has 134 valence electrons. The van der Waals surface area contributed by atoms with Crippen molar-refractivity contribution in [3.05, 3.63) is 35.6 Å². The van der Waals surface area contributed by atoms with E-state index in [4.69, 9.17) is 5.11 Å². The van der Waals surface area contributed by atoms with Gasteiger partial charge in [-0.3, -0.25) is 4.79 Å². The van der Waals surface area contributed by atoms with Crippen LogP contribution in [-0.2, 0) is 15.0 Å². The number of aliphatic carboxylic acids is 1. The second-order valence-electron chi connectivity index (χ2n) is 5.97. The van der Waals surface area contributed by atoms with Gasteiger partial charge in [-0.25, -0.2) is 4.39 Å². The third kappa shape index (κ3) is 3.93. The van der Waals surface area contributed by atoms with E-state index in [0.29, 0.717) is 24.9 Å². The molecule has 1 aromatic carbocycles. The Kier molecular flexibility index (Phi) is 5.95. The number of carboxylic acid groups (broad SMARTS) is 1. The average molecular weight is 358 g/mol. The van der Waals surface area contributed by atoms with E-state index in [1.54, 1.807) is 26.0 Å². The number of rotatable bonds is 6. The Morgan fingerprint density at radius 1 is 1.42 bits per heavy atom. The molecule has 0 aliphatic carbocycles. The third-order valence-electron chi connectivity index (χ3n) is 4.45.